The molecule has 1 heterocycles. The number of carbonyl (C=O) groups is 1. The van der Waals surface area contributed by atoms with E-state index in [-0.39, 0.29) is 0 Å². The molecular weight excluding hydrogens is 338 g/mol. The summed E-state index contributed by atoms with van der Waals surface area (Å²) in [5, 5.41) is 0. The van der Waals surface area contributed by atoms with Crippen molar-refractivity contribution in [3.05, 3.63) is 36.0 Å². The zero-order valence-corrected chi connectivity index (χ0v) is 16.4. The fourth-order valence-corrected chi connectivity index (χ4v) is 4.20. The zero-order chi connectivity index (χ0) is 18.6. The summed E-state index contributed by atoms with van der Waals surface area (Å²) in [6, 6.07) is 8.73. The highest BCUT2D eigenvalue weighted by Crippen LogP contribution is 2.34. The second-order valence-corrected chi connectivity index (χ2v) is 7.90. The molecule has 0 spiro atoms. The summed E-state index contributed by atoms with van der Waals surface area (Å²) in [4.78, 5) is 19.9. The lowest BCUT2D eigenvalue weighted by Crippen LogP contribution is -2.50. The molecule has 3 aliphatic rings. The Morgan fingerprint density at radius 3 is 2.44 bits per heavy atom. The van der Waals surface area contributed by atoms with Crippen molar-refractivity contribution in [2.45, 2.75) is 44.6 Å². The topological polar surface area (TPSA) is 36.0 Å². The van der Waals surface area contributed by atoms with E-state index in [4.69, 9.17) is 4.74 Å². The number of piperazine rings is 1. The van der Waals surface area contributed by atoms with Crippen molar-refractivity contribution in [3.8, 4) is 5.75 Å². The van der Waals surface area contributed by atoms with Gasteiger partial charge in [-0.1, -0.05) is 6.08 Å². The maximum Gasteiger partial charge on any atom is 0.241 e. The number of hydrogen-bond acceptors (Lipinski definition) is 4. The summed E-state index contributed by atoms with van der Waals surface area (Å²) < 4.78 is 5.24. The molecule has 0 bridgehead atoms. The van der Waals surface area contributed by atoms with Crippen molar-refractivity contribution in [1.82, 2.24) is 9.80 Å². The van der Waals surface area contributed by atoms with Crippen LogP contribution in [0.15, 0.2) is 36.0 Å². The van der Waals surface area contributed by atoms with Crippen molar-refractivity contribution in [3.63, 3.8) is 0 Å². The van der Waals surface area contributed by atoms with Crippen LogP contribution < -0.4 is 9.64 Å². The summed E-state index contributed by atoms with van der Waals surface area (Å²) in [6.07, 6.45) is 9.36. The van der Waals surface area contributed by atoms with Gasteiger partial charge in [0.1, 0.15) is 5.75 Å². The molecule has 0 radical (unpaired) electrons. The highest BCUT2D eigenvalue weighted by Gasteiger charge is 2.35. The lowest BCUT2D eigenvalue weighted by molar-refractivity contribution is -0.131. The number of anilines is 1. The van der Waals surface area contributed by atoms with E-state index in [2.05, 4.69) is 32.9 Å². The van der Waals surface area contributed by atoms with Crippen LogP contribution in [0.2, 0.25) is 0 Å². The van der Waals surface area contributed by atoms with Gasteiger partial charge in [0, 0.05) is 43.6 Å². The standard InChI is InChI=1S/C22H31N3O2/c1-27-21-11-9-18(10-12-21)24-15-13-23(14-16-24)17-22(26)25(20-7-8-20)19-5-3-2-4-6-19/h5,9-12,20H,2-4,6-8,13-17H2,1H3. The summed E-state index contributed by atoms with van der Waals surface area (Å²) in [7, 11) is 1.69. The van der Waals surface area contributed by atoms with Gasteiger partial charge in [0.05, 0.1) is 13.7 Å². The molecule has 146 valence electrons. The maximum absolute atomic E-state index is 13.0. The predicted molar refractivity (Wildman–Crippen MR) is 108 cm³/mol. The molecule has 0 atom stereocenters. The number of benzene rings is 1. The van der Waals surface area contributed by atoms with Gasteiger partial charge in [-0.15, -0.1) is 0 Å². The molecule has 5 nitrogen and oxygen atoms in total. The Labute approximate surface area is 162 Å². The molecule has 0 aromatic heterocycles. The Morgan fingerprint density at radius 2 is 1.85 bits per heavy atom. The molecule has 1 saturated carbocycles. The molecule has 1 saturated heterocycles. The van der Waals surface area contributed by atoms with Crippen LogP contribution in [-0.4, -0.2) is 61.6 Å². The van der Waals surface area contributed by atoms with E-state index in [0.29, 0.717) is 18.5 Å². The van der Waals surface area contributed by atoms with Gasteiger partial charge in [0.25, 0.3) is 0 Å². The third-order valence-corrected chi connectivity index (χ3v) is 5.93. The number of ether oxygens (including phenoxy) is 1. The average molecular weight is 370 g/mol. The highest BCUT2D eigenvalue weighted by molar-refractivity contribution is 5.81. The Morgan fingerprint density at radius 1 is 1.11 bits per heavy atom. The van der Waals surface area contributed by atoms with Crippen LogP contribution in [0.1, 0.15) is 38.5 Å². The first-order valence-electron chi connectivity index (χ1n) is 10.4. The minimum atomic E-state index is 0.309. The minimum Gasteiger partial charge on any atom is -0.497 e. The van der Waals surface area contributed by atoms with Crippen LogP contribution in [0, 0.1) is 0 Å². The van der Waals surface area contributed by atoms with E-state index in [1.54, 1.807) is 7.11 Å². The third-order valence-electron chi connectivity index (χ3n) is 5.93. The Kier molecular flexibility index (Phi) is 5.67. The first-order chi connectivity index (χ1) is 13.2. The molecule has 2 fully saturated rings. The van der Waals surface area contributed by atoms with Crippen LogP contribution >= 0.6 is 0 Å². The zero-order valence-electron chi connectivity index (χ0n) is 16.4. The fraction of sp³-hybridized carbons (Fsp3) is 0.591. The SMILES string of the molecule is COc1ccc(N2CCN(CC(=O)N(C3=CCCCC3)C3CC3)CC2)cc1. The van der Waals surface area contributed by atoms with Gasteiger partial charge in [-0.2, -0.15) is 0 Å². The lowest BCUT2D eigenvalue weighted by atomic mass is 10.0. The fourth-order valence-electron chi connectivity index (χ4n) is 4.20. The Bertz CT molecular complexity index is 673. The molecular formula is C22H31N3O2. The van der Waals surface area contributed by atoms with Crippen LogP contribution in [0.25, 0.3) is 0 Å². The molecule has 0 N–H and O–H groups in total. The molecule has 1 aliphatic heterocycles. The van der Waals surface area contributed by atoms with Crippen molar-refractivity contribution >= 4 is 11.6 Å². The number of allylic oxidation sites excluding steroid dienone is 2. The van der Waals surface area contributed by atoms with Crippen molar-refractivity contribution < 1.29 is 9.53 Å². The number of carbonyl (C=O) groups excluding carboxylic acids is 1. The summed E-state index contributed by atoms with van der Waals surface area (Å²) >= 11 is 0. The normalized spacial score (nSPS) is 20.9. The number of methoxy groups -OCH3 is 1. The summed E-state index contributed by atoms with van der Waals surface area (Å²) in [5.41, 5.74) is 2.53. The largest absolute Gasteiger partial charge is 0.497 e. The molecule has 5 heteroatoms. The van der Waals surface area contributed by atoms with Crippen molar-refractivity contribution in [1.29, 1.82) is 0 Å². The summed E-state index contributed by atoms with van der Waals surface area (Å²) in [5.74, 6) is 1.20. The molecule has 1 aromatic rings. The van der Waals surface area contributed by atoms with Gasteiger partial charge in [-0.3, -0.25) is 9.69 Å². The predicted octanol–water partition coefficient (Wildman–Crippen LogP) is 3.27. The lowest BCUT2D eigenvalue weighted by Gasteiger charge is -2.37. The monoisotopic (exact) mass is 369 g/mol. The van der Waals surface area contributed by atoms with Gasteiger partial charge >= 0.3 is 0 Å². The molecule has 1 amide bonds. The van der Waals surface area contributed by atoms with E-state index >= 15 is 0 Å². The summed E-state index contributed by atoms with van der Waals surface area (Å²) in [6.45, 7) is 4.37. The average Bonchev–Trinajstić information content (AvgIpc) is 3.55. The molecule has 27 heavy (non-hydrogen) atoms. The van der Waals surface area contributed by atoms with Crippen LogP contribution in [-0.2, 0) is 4.79 Å². The first kappa shape index (κ1) is 18.4. The van der Waals surface area contributed by atoms with E-state index in [9.17, 15) is 4.79 Å². The van der Waals surface area contributed by atoms with E-state index in [0.717, 1.165) is 44.8 Å². The third kappa shape index (κ3) is 4.46. The number of rotatable bonds is 6. The number of nitrogens with zero attached hydrogens (tertiary/aromatic N) is 3. The van der Waals surface area contributed by atoms with Crippen LogP contribution in [0.4, 0.5) is 5.69 Å². The van der Waals surface area contributed by atoms with Crippen molar-refractivity contribution in [2.24, 2.45) is 0 Å². The molecule has 1 aromatic carbocycles. The second kappa shape index (κ2) is 8.34. The smallest absolute Gasteiger partial charge is 0.241 e. The van der Waals surface area contributed by atoms with Crippen LogP contribution in [0.5, 0.6) is 5.75 Å². The highest BCUT2D eigenvalue weighted by atomic mass is 16.5. The second-order valence-electron chi connectivity index (χ2n) is 7.90. The molecule has 4 rings (SSSR count). The van der Waals surface area contributed by atoms with Gasteiger partial charge in [0.15, 0.2) is 0 Å². The van der Waals surface area contributed by atoms with Crippen LogP contribution in [0.3, 0.4) is 0 Å². The van der Waals surface area contributed by atoms with Crippen molar-refractivity contribution in [2.75, 3.05) is 44.7 Å². The Balaban J connectivity index is 1.31. The van der Waals surface area contributed by atoms with Gasteiger partial charge in [-0.25, -0.2) is 0 Å². The van der Waals surface area contributed by atoms with E-state index < -0.39 is 0 Å². The van der Waals surface area contributed by atoms with Gasteiger partial charge < -0.3 is 14.5 Å². The number of hydrogen-bond donors (Lipinski definition) is 0. The van der Waals surface area contributed by atoms with E-state index in [1.165, 1.54) is 37.1 Å². The van der Waals surface area contributed by atoms with E-state index in [1.807, 2.05) is 12.1 Å². The maximum atomic E-state index is 13.0. The minimum absolute atomic E-state index is 0.309. The number of amides is 1. The van der Waals surface area contributed by atoms with Gasteiger partial charge in [0.2, 0.25) is 5.91 Å². The Hall–Kier alpha value is -2.01. The first-order valence-corrected chi connectivity index (χ1v) is 10.4. The quantitative estimate of drug-likeness (QED) is 0.771. The van der Waals surface area contributed by atoms with Gasteiger partial charge in [-0.05, 0) is 62.8 Å². The molecule has 2 aliphatic carbocycles. The molecule has 0 unspecified atom stereocenters.